The van der Waals surface area contributed by atoms with Gasteiger partial charge in [0.15, 0.2) is 0 Å². The SMILES string of the molecule is CC1(C)CN(C(=O)CCl)c2cc(C(O)c3ccc(F)cc3)cnc21. The monoisotopic (exact) mass is 348 g/mol. The molecule has 4 nitrogen and oxygen atoms in total. The van der Waals surface area contributed by atoms with Gasteiger partial charge in [0.1, 0.15) is 17.8 Å². The molecule has 1 amide bonds. The van der Waals surface area contributed by atoms with Gasteiger partial charge in [-0.1, -0.05) is 26.0 Å². The van der Waals surface area contributed by atoms with Crippen LogP contribution in [-0.4, -0.2) is 28.4 Å². The largest absolute Gasteiger partial charge is 0.384 e. The van der Waals surface area contributed by atoms with E-state index in [-0.39, 0.29) is 23.0 Å². The molecule has 0 saturated carbocycles. The molecule has 1 unspecified atom stereocenters. The molecular weight excluding hydrogens is 331 g/mol. The number of fused-ring (bicyclic) bond motifs is 1. The normalized spacial score (nSPS) is 16.8. The number of hydrogen-bond donors (Lipinski definition) is 1. The number of carbonyl (C=O) groups excluding carboxylic acids is 1. The molecule has 1 aliphatic heterocycles. The maximum Gasteiger partial charge on any atom is 0.241 e. The molecule has 0 saturated heterocycles. The van der Waals surface area contributed by atoms with E-state index < -0.39 is 6.10 Å². The third-order valence-corrected chi connectivity index (χ3v) is 4.52. The first-order chi connectivity index (χ1) is 11.3. The first kappa shape index (κ1) is 16.9. The molecule has 0 radical (unpaired) electrons. The summed E-state index contributed by atoms with van der Waals surface area (Å²) in [7, 11) is 0. The maximum absolute atomic E-state index is 13.0. The van der Waals surface area contributed by atoms with E-state index in [1.54, 1.807) is 17.2 Å². The van der Waals surface area contributed by atoms with Crippen molar-refractivity contribution in [3.05, 3.63) is 59.2 Å². The van der Waals surface area contributed by atoms with E-state index in [1.807, 2.05) is 13.8 Å². The van der Waals surface area contributed by atoms with Crippen LogP contribution in [0.2, 0.25) is 0 Å². The number of pyridine rings is 1. The first-order valence-corrected chi connectivity index (χ1v) is 8.17. The van der Waals surface area contributed by atoms with Gasteiger partial charge in [-0.2, -0.15) is 0 Å². The number of carbonyl (C=O) groups is 1. The van der Waals surface area contributed by atoms with Crippen LogP contribution in [-0.2, 0) is 10.2 Å². The second-order valence-electron chi connectivity index (χ2n) is 6.59. The Labute approximate surface area is 144 Å². The van der Waals surface area contributed by atoms with Crippen LogP contribution in [0.4, 0.5) is 10.1 Å². The zero-order valence-electron chi connectivity index (χ0n) is 13.5. The zero-order valence-corrected chi connectivity index (χ0v) is 14.2. The highest BCUT2D eigenvalue weighted by atomic mass is 35.5. The smallest absolute Gasteiger partial charge is 0.241 e. The fourth-order valence-electron chi connectivity index (χ4n) is 3.03. The Morgan fingerprint density at radius 2 is 2.04 bits per heavy atom. The van der Waals surface area contributed by atoms with E-state index in [1.165, 1.54) is 24.3 Å². The number of aromatic nitrogens is 1. The van der Waals surface area contributed by atoms with E-state index in [4.69, 9.17) is 11.6 Å². The molecule has 0 fully saturated rings. The van der Waals surface area contributed by atoms with Gasteiger partial charge in [-0.25, -0.2) is 4.39 Å². The van der Waals surface area contributed by atoms with Gasteiger partial charge in [-0.05, 0) is 23.8 Å². The van der Waals surface area contributed by atoms with Crippen molar-refractivity contribution in [3.63, 3.8) is 0 Å². The molecule has 1 aromatic carbocycles. The highest BCUT2D eigenvalue weighted by Gasteiger charge is 2.39. The molecule has 1 aliphatic rings. The van der Waals surface area contributed by atoms with Gasteiger partial charge >= 0.3 is 0 Å². The van der Waals surface area contributed by atoms with Crippen molar-refractivity contribution in [1.29, 1.82) is 0 Å². The number of rotatable bonds is 3. The molecule has 0 aliphatic carbocycles. The molecule has 0 bridgehead atoms. The lowest BCUT2D eigenvalue weighted by molar-refractivity contribution is -0.116. The van der Waals surface area contributed by atoms with Crippen LogP contribution < -0.4 is 4.90 Å². The van der Waals surface area contributed by atoms with Crippen molar-refractivity contribution in [1.82, 2.24) is 4.98 Å². The predicted molar refractivity (Wildman–Crippen MR) is 90.8 cm³/mol. The van der Waals surface area contributed by atoms with Crippen LogP contribution in [0.15, 0.2) is 36.5 Å². The minimum absolute atomic E-state index is 0.111. The van der Waals surface area contributed by atoms with Crippen LogP contribution in [0.3, 0.4) is 0 Å². The number of aliphatic hydroxyl groups is 1. The van der Waals surface area contributed by atoms with Gasteiger partial charge in [-0.15, -0.1) is 11.6 Å². The molecule has 126 valence electrons. The van der Waals surface area contributed by atoms with E-state index in [2.05, 4.69) is 4.98 Å². The second kappa shape index (κ2) is 6.15. The summed E-state index contributed by atoms with van der Waals surface area (Å²) >= 11 is 5.71. The molecule has 1 N–H and O–H groups in total. The second-order valence-corrected chi connectivity index (χ2v) is 6.86. The van der Waals surface area contributed by atoms with Gasteiger partial charge < -0.3 is 10.0 Å². The van der Waals surface area contributed by atoms with Crippen molar-refractivity contribution >= 4 is 23.2 Å². The van der Waals surface area contributed by atoms with Crippen molar-refractivity contribution in [2.24, 2.45) is 0 Å². The number of amides is 1. The summed E-state index contributed by atoms with van der Waals surface area (Å²) in [4.78, 5) is 18.2. The highest BCUT2D eigenvalue weighted by Crippen LogP contribution is 2.40. The van der Waals surface area contributed by atoms with Crippen LogP contribution in [0.1, 0.15) is 36.8 Å². The Hall–Kier alpha value is -1.98. The van der Waals surface area contributed by atoms with Crippen LogP contribution in [0.25, 0.3) is 0 Å². The molecule has 3 rings (SSSR count). The van der Waals surface area contributed by atoms with Crippen LogP contribution in [0, 0.1) is 5.82 Å². The average Bonchev–Trinajstić information content (AvgIpc) is 2.85. The number of benzene rings is 1. The van der Waals surface area contributed by atoms with Crippen LogP contribution >= 0.6 is 11.6 Å². The maximum atomic E-state index is 13.0. The number of hydrogen-bond acceptors (Lipinski definition) is 3. The van der Waals surface area contributed by atoms with Crippen LogP contribution in [0.5, 0.6) is 0 Å². The van der Waals surface area contributed by atoms with Gasteiger partial charge in [0.05, 0.1) is 11.4 Å². The van der Waals surface area contributed by atoms with Crippen molar-refractivity contribution in [2.45, 2.75) is 25.4 Å². The molecule has 2 aromatic rings. The first-order valence-electron chi connectivity index (χ1n) is 7.64. The fraction of sp³-hybridized carbons (Fsp3) is 0.333. The van der Waals surface area contributed by atoms with Gasteiger partial charge in [0.25, 0.3) is 0 Å². The quantitative estimate of drug-likeness (QED) is 0.867. The number of alkyl halides is 1. The van der Waals surface area contributed by atoms with Gasteiger partial charge in [0, 0.05) is 23.7 Å². The molecule has 1 aromatic heterocycles. The third-order valence-electron chi connectivity index (χ3n) is 4.29. The Bertz CT molecular complexity index is 777. The van der Waals surface area contributed by atoms with E-state index in [0.29, 0.717) is 23.4 Å². The topological polar surface area (TPSA) is 53.4 Å². The van der Waals surface area contributed by atoms with Gasteiger partial charge in [0.2, 0.25) is 5.91 Å². The molecule has 1 atom stereocenters. The number of anilines is 1. The summed E-state index contributed by atoms with van der Waals surface area (Å²) in [6.07, 6.45) is 0.656. The predicted octanol–water partition coefficient (Wildman–Crippen LogP) is 3.17. The minimum atomic E-state index is -0.944. The molecular formula is C18H18ClFN2O2. The van der Waals surface area contributed by atoms with E-state index in [9.17, 15) is 14.3 Å². The fourth-order valence-corrected chi connectivity index (χ4v) is 3.18. The Kier molecular flexibility index (Phi) is 4.32. The summed E-state index contributed by atoms with van der Waals surface area (Å²) in [5, 5.41) is 10.5. The Morgan fingerprint density at radius 1 is 1.38 bits per heavy atom. The average molecular weight is 349 g/mol. The van der Waals surface area contributed by atoms with E-state index in [0.717, 1.165) is 5.69 Å². The number of aliphatic hydroxyl groups excluding tert-OH is 1. The highest BCUT2D eigenvalue weighted by molar-refractivity contribution is 6.29. The molecule has 24 heavy (non-hydrogen) atoms. The molecule has 6 heteroatoms. The molecule has 0 spiro atoms. The number of nitrogens with zero attached hydrogens (tertiary/aromatic N) is 2. The van der Waals surface area contributed by atoms with Crippen molar-refractivity contribution < 1.29 is 14.3 Å². The van der Waals surface area contributed by atoms with Gasteiger partial charge in [-0.3, -0.25) is 9.78 Å². The summed E-state index contributed by atoms with van der Waals surface area (Å²) < 4.78 is 13.0. The third kappa shape index (κ3) is 2.89. The Balaban J connectivity index is 2.01. The summed E-state index contributed by atoms with van der Waals surface area (Å²) in [5.41, 5.74) is 2.30. The summed E-state index contributed by atoms with van der Waals surface area (Å²) in [5.74, 6) is -0.669. The standard InChI is InChI=1S/C18H18ClFN2O2/c1-18(2)10-22(15(23)8-19)14-7-12(9-21-17(14)18)16(24)11-3-5-13(20)6-4-11/h3-7,9,16,24H,8,10H2,1-2H3. The number of halogens is 2. The Morgan fingerprint density at radius 3 is 2.67 bits per heavy atom. The summed E-state index contributed by atoms with van der Waals surface area (Å²) in [6, 6.07) is 7.41. The van der Waals surface area contributed by atoms with Crippen molar-refractivity contribution in [3.8, 4) is 0 Å². The zero-order chi connectivity index (χ0) is 17.5. The minimum Gasteiger partial charge on any atom is -0.384 e. The van der Waals surface area contributed by atoms with E-state index >= 15 is 0 Å². The lowest BCUT2D eigenvalue weighted by Crippen LogP contribution is -2.34. The van der Waals surface area contributed by atoms with Crippen molar-refractivity contribution in [2.75, 3.05) is 17.3 Å². The molecule has 2 heterocycles. The lowest BCUT2D eigenvalue weighted by Gasteiger charge is -2.19. The summed E-state index contributed by atoms with van der Waals surface area (Å²) in [6.45, 7) is 4.52. The lowest BCUT2D eigenvalue weighted by atomic mass is 9.90.